The van der Waals surface area contributed by atoms with E-state index in [0.29, 0.717) is 11.1 Å². The first kappa shape index (κ1) is 27.3. The normalized spacial score (nSPS) is 13.4. The van der Waals surface area contributed by atoms with Gasteiger partial charge >= 0.3 is 0 Å². The average Bonchev–Trinajstić information content (AvgIpc) is 3.65. The van der Waals surface area contributed by atoms with Gasteiger partial charge in [-0.1, -0.05) is 91.0 Å². The lowest BCUT2D eigenvalue weighted by atomic mass is 9.64. The van der Waals surface area contributed by atoms with Gasteiger partial charge in [0.1, 0.15) is 0 Å². The number of nitriles is 2. The molecular formula is C45H26N4. The van der Waals surface area contributed by atoms with Crippen LogP contribution >= 0.6 is 0 Å². The molecule has 226 valence electrons. The maximum Gasteiger partial charge on any atom is 0.0991 e. The standard InChI is InChI=1S/C45H26N4/c46-27-29-20-22-33-34-23-21-30(28-47)25-40(34)45(39(33)24-29)37-14-3-7-18-43(37)49(44-19-8-4-15-38(44)45)32-11-9-10-31(26-32)48-41-16-5-1-12-35(41)36-13-2-6-17-42(36)48/h1-26H. The van der Waals surface area contributed by atoms with Crippen LogP contribution in [0, 0.1) is 22.7 Å². The lowest BCUT2D eigenvalue weighted by molar-refractivity contribution is 0.752. The van der Waals surface area contributed by atoms with Crippen LogP contribution in [-0.2, 0) is 5.41 Å². The van der Waals surface area contributed by atoms with Gasteiger partial charge in [-0.2, -0.15) is 10.5 Å². The van der Waals surface area contributed by atoms with Crippen LogP contribution in [0.1, 0.15) is 33.4 Å². The van der Waals surface area contributed by atoms with Gasteiger partial charge in [0.2, 0.25) is 0 Å². The van der Waals surface area contributed by atoms with E-state index in [1.54, 1.807) is 0 Å². The number of hydrogen-bond donors (Lipinski definition) is 0. The summed E-state index contributed by atoms with van der Waals surface area (Å²) >= 11 is 0. The van der Waals surface area contributed by atoms with Crippen molar-refractivity contribution in [1.82, 2.24) is 4.57 Å². The first-order chi connectivity index (χ1) is 24.2. The Kier molecular flexibility index (Phi) is 5.59. The number of aromatic nitrogens is 1. The molecule has 2 heterocycles. The zero-order chi connectivity index (χ0) is 32.7. The summed E-state index contributed by atoms with van der Waals surface area (Å²) in [5.41, 5.74) is 13.6. The van der Waals surface area contributed by atoms with Gasteiger partial charge in [-0.15, -0.1) is 0 Å². The van der Waals surface area contributed by atoms with E-state index in [9.17, 15) is 10.5 Å². The Hall–Kier alpha value is -6.88. The molecule has 0 amide bonds. The summed E-state index contributed by atoms with van der Waals surface area (Å²) in [5.74, 6) is 0. The van der Waals surface area contributed by atoms with Crippen molar-refractivity contribution in [3.8, 4) is 29.0 Å². The van der Waals surface area contributed by atoms with E-state index in [-0.39, 0.29) is 0 Å². The minimum Gasteiger partial charge on any atom is -0.310 e. The zero-order valence-corrected chi connectivity index (χ0v) is 26.3. The molecule has 1 aromatic heterocycles. The largest absolute Gasteiger partial charge is 0.310 e. The fourth-order valence-corrected chi connectivity index (χ4v) is 8.54. The van der Waals surface area contributed by atoms with Crippen LogP contribution in [-0.4, -0.2) is 4.57 Å². The molecule has 0 unspecified atom stereocenters. The van der Waals surface area contributed by atoms with Crippen LogP contribution in [0.5, 0.6) is 0 Å². The lowest BCUT2D eigenvalue weighted by Gasteiger charge is -2.45. The SMILES string of the molecule is N#Cc1ccc2c(c1)C1(c3cc(C#N)ccc3-2)c2ccccc2N(c2cccc(-n3c4ccccc4c4ccccc43)c2)c2ccccc21. The van der Waals surface area contributed by atoms with Crippen molar-refractivity contribution in [2.45, 2.75) is 5.41 Å². The summed E-state index contributed by atoms with van der Waals surface area (Å²) in [6.07, 6.45) is 0. The van der Waals surface area contributed by atoms with E-state index in [1.807, 2.05) is 24.3 Å². The summed E-state index contributed by atoms with van der Waals surface area (Å²) in [6.45, 7) is 0. The van der Waals surface area contributed by atoms with Crippen LogP contribution in [0.2, 0.25) is 0 Å². The van der Waals surface area contributed by atoms with E-state index in [2.05, 4.69) is 155 Å². The van der Waals surface area contributed by atoms with E-state index < -0.39 is 5.41 Å². The number of anilines is 3. The number of fused-ring (bicyclic) bond motifs is 12. The number of nitrogens with zero attached hydrogens (tertiary/aromatic N) is 4. The number of hydrogen-bond acceptors (Lipinski definition) is 3. The van der Waals surface area contributed by atoms with Gasteiger partial charge < -0.3 is 9.47 Å². The third-order valence-electron chi connectivity index (χ3n) is 10.4. The van der Waals surface area contributed by atoms with Gasteiger partial charge in [0.05, 0.1) is 51.1 Å². The first-order valence-electron chi connectivity index (χ1n) is 16.4. The van der Waals surface area contributed by atoms with E-state index in [1.165, 1.54) is 21.8 Å². The predicted octanol–water partition coefficient (Wildman–Crippen LogP) is 10.7. The Morgan fingerprint density at radius 3 is 1.47 bits per heavy atom. The highest BCUT2D eigenvalue weighted by atomic mass is 15.2. The van der Waals surface area contributed by atoms with Crippen molar-refractivity contribution in [2.24, 2.45) is 0 Å². The van der Waals surface area contributed by atoms with Crippen LogP contribution in [0.25, 0.3) is 38.6 Å². The molecule has 0 atom stereocenters. The number of benzene rings is 7. The first-order valence-corrected chi connectivity index (χ1v) is 16.4. The van der Waals surface area contributed by atoms with Crippen LogP contribution in [0.3, 0.4) is 0 Å². The van der Waals surface area contributed by atoms with Gasteiger partial charge in [-0.3, -0.25) is 0 Å². The third kappa shape index (κ3) is 3.55. The van der Waals surface area contributed by atoms with Crippen molar-refractivity contribution in [3.05, 3.63) is 191 Å². The minimum absolute atomic E-state index is 0.614. The number of para-hydroxylation sites is 4. The lowest BCUT2D eigenvalue weighted by Crippen LogP contribution is -2.36. The molecule has 4 nitrogen and oxygen atoms in total. The van der Waals surface area contributed by atoms with Crippen molar-refractivity contribution in [2.75, 3.05) is 4.90 Å². The van der Waals surface area contributed by atoms with E-state index in [0.717, 1.165) is 56.1 Å². The van der Waals surface area contributed by atoms with Crippen molar-refractivity contribution < 1.29 is 0 Å². The molecule has 1 spiro atoms. The summed E-state index contributed by atoms with van der Waals surface area (Å²) in [5, 5.41) is 22.6. The summed E-state index contributed by atoms with van der Waals surface area (Å²) in [4.78, 5) is 2.37. The molecule has 49 heavy (non-hydrogen) atoms. The van der Waals surface area contributed by atoms with Gasteiger partial charge in [0.25, 0.3) is 0 Å². The monoisotopic (exact) mass is 622 g/mol. The maximum atomic E-state index is 10.1. The van der Waals surface area contributed by atoms with Gasteiger partial charge in [-0.05, 0) is 100 Å². The summed E-state index contributed by atoms with van der Waals surface area (Å²) < 4.78 is 2.35. The quantitative estimate of drug-likeness (QED) is 0.193. The Balaban J connectivity index is 1.27. The van der Waals surface area contributed by atoms with Gasteiger partial charge in [-0.25, -0.2) is 0 Å². The summed E-state index contributed by atoms with van der Waals surface area (Å²) in [7, 11) is 0. The maximum absolute atomic E-state index is 10.1. The molecule has 0 N–H and O–H groups in total. The van der Waals surface area contributed by atoms with Crippen LogP contribution in [0.4, 0.5) is 17.1 Å². The smallest absolute Gasteiger partial charge is 0.0991 e. The van der Waals surface area contributed by atoms with E-state index >= 15 is 0 Å². The highest BCUT2D eigenvalue weighted by Crippen LogP contribution is 2.63. The molecule has 0 saturated heterocycles. The third-order valence-corrected chi connectivity index (χ3v) is 10.4. The molecule has 0 radical (unpaired) electrons. The second kappa shape index (κ2) is 10.1. The second-order valence-corrected chi connectivity index (χ2v) is 12.8. The van der Waals surface area contributed by atoms with Crippen LogP contribution < -0.4 is 4.90 Å². The Bertz CT molecular complexity index is 2610. The molecule has 7 aromatic carbocycles. The fraction of sp³-hybridized carbons (Fsp3) is 0.0222. The molecular weight excluding hydrogens is 597 g/mol. The molecule has 4 heteroatoms. The van der Waals surface area contributed by atoms with Crippen molar-refractivity contribution >= 4 is 38.9 Å². The Labute approximate surface area is 283 Å². The molecule has 2 aliphatic rings. The average molecular weight is 623 g/mol. The van der Waals surface area contributed by atoms with Crippen molar-refractivity contribution in [1.29, 1.82) is 10.5 Å². The fourth-order valence-electron chi connectivity index (χ4n) is 8.54. The zero-order valence-electron chi connectivity index (χ0n) is 26.3. The highest BCUT2D eigenvalue weighted by molar-refractivity contribution is 6.09. The number of rotatable bonds is 2. The van der Waals surface area contributed by atoms with Gasteiger partial charge in [0.15, 0.2) is 0 Å². The minimum atomic E-state index is -0.724. The highest BCUT2D eigenvalue weighted by Gasteiger charge is 2.52. The molecule has 1 aliphatic carbocycles. The van der Waals surface area contributed by atoms with Crippen LogP contribution in [0.15, 0.2) is 158 Å². The van der Waals surface area contributed by atoms with Crippen molar-refractivity contribution in [3.63, 3.8) is 0 Å². The Morgan fingerprint density at radius 2 is 0.918 bits per heavy atom. The molecule has 1 aliphatic heterocycles. The Morgan fingerprint density at radius 1 is 0.429 bits per heavy atom. The molecule has 0 fully saturated rings. The van der Waals surface area contributed by atoms with E-state index in [4.69, 9.17) is 0 Å². The predicted molar refractivity (Wildman–Crippen MR) is 196 cm³/mol. The second-order valence-electron chi connectivity index (χ2n) is 12.8. The molecule has 10 rings (SSSR count). The summed E-state index contributed by atoms with van der Waals surface area (Å²) in [6, 6.07) is 60.0. The molecule has 8 aromatic rings. The topological polar surface area (TPSA) is 55.8 Å². The van der Waals surface area contributed by atoms with Gasteiger partial charge in [0, 0.05) is 22.1 Å². The molecule has 0 saturated carbocycles. The molecule has 0 bridgehead atoms.